The van der Waals surface area contributed by atoms with Crippen LogP contribution in [0.25, 0.3) is 0 Å². The van der Waals surface area contributed by atoms with E-state index in [1.165, 1.54) is 0 Å². The Hall–Kier alpha value is -1.06. The molecule has 0 bridgehead atoms. The molecule has 1 aliphatic heterocycles. The van der Waals surface area contributed by atoms with Crippen molar-refractivity contribution in [2.75, 3.05) is 6.54 Å². The van der Waals surface area contributed by atoms with Gasteiger partial charge < -0.3 is 10.1 Å². The molecule has 4 nitrogen and oxygen atoms in total. The van der Waals surface area contributed by atoms with E-state index >= 15 is 0 Å². The second-order valence-corrected chi connectivity index (χ2v) is 3.82. The van der Waals surface area contributed by atoms with E-state index in [0.717, 1.165) is 6.42 Å². The molecule has 2 aliphatic rings. The SMILES string of the molecule is C[C@H]1C[C@@H]1C(=O)O[C@H]1CCNC1=O. The summed E-state index contributed by atoms with van der Waals surface area (Å²) in [6, 6.07) is 0. The lowest BCUT2D eigenvalue weighted by molar-refractivity contribution is -0.155. The van der Waals surface area contributed by atoms with E-state index in [1.54, 1.807) is 0 Å². The summed E-state index contributed by atoms with van der Waals surface area (Å²) in [7, 11) is 0. The van der Waals surface area contributed by atoms with E-state index in [0.29, 0.717) is 18.9 Å². The molecule has 2 rings (SSSR count). The molecule has 0 spiro atoms. The van der Waals surface area contributed by atoms with Crippen molar-refractivity contribution >= 4 is 11.9 Å². The van der Waals surface area contributed by atoms with Crippen LogP contribution in [0.5, 0.6) is 0 Å². The quantitative estimate of drug-likeness (QED) is 0.616. The summed E-state index contributed by atoms with van der Waals surface area (Å²) in [5, 5.41) is 2.63. The zero-order valence-electron chi connectivity index (χ0n) is 7.58. The highest BCUT2D eigenvalue weighted by Gasteiger charge is 2.42. The Balaban J connectivity index is 1.83. The zero-order chi connectivity index (χ0) is 9.42. The first-order valence-corrected chi connectivity index (χ1v) is 4.66. The van der Waals surface area contributed by atoms with Crippen LogP contribution in [0.1, 0.15) is 19.8 Å². The number of carbonyl (C=O) groups excluding carboxylic acids is 2. The van der Waals surface area contributed by atoms with Crippen LogP contribution < -0.4 is 5.32 Å². The van der Waals surface area contributed by atoms with E-state index in [-0.39, 0.29) is 17.8 Å². The van der Waals surface area contributed by atoms with Gasteiger partial charge in [-0.05, 0) is 12.3 Å². The van der Waals surface area contributed by atoms with Gasteiger partial charge in [0.25, 0.3) is 5.91 Å². The van der Waals surface area contributed by atoms with Gasteiger partial charge in [-0.3, -0.25) is 9.59 Å². The maximum atomic E-state index is 11.3. The summed E-state index contributed by atoms with van der Waals surface area (Å²) in [6.07, 6.45) is 0.999. The minimum Gasteiger partial charge on any atom is -0.452 e. The van der Waals surface area contributed by atoms with Crippen LogP contribution in [0, 0.1) is 11.8 Å². The molecule has 1 N–H and O–H groups in total. The third-order valence-electron chi connectivity index (χ3n) is 2.67. The zero-order valence-corrected chi connectivity index (χ0v) is 7.58. The van der Waals surface area contributed by atoms with Crippen LogP contribution in [0.4, 0.5) is 0 Å². The van der Waals surface area contributed by atoms with Gasteiger partial charge in [-0.15, -0.1) is 0 Å². The lowest BCUT2D eigenvalue weighted by Crippen LogP contribution is -2.28. The molecular formula is C9H13NO3. The van der Waals surface area contributed by atoms with Crippen molar-refractivity contribution in [1.29, 1.82) is 0 Å². The Kier molecular flexibility index (Phi) is 1.98. The second kappa shape index (κ2) is 3.01. The molecule has 1 heterocycles. The first-order valence-electron chi connectivity index (χ1n) is 4.66. The van der Waals surface area contributed by atoms with E-state index < -0.39 is 6.10 Å². The number of esters is 1. The first-order chi connectivity index (χ1) is 6.18. The molecule has 1 saturated heterocycles. The predicted molar refractivity (Wildman–Crippen MR) is 44.8 cm³/mol. The molecule has 13 heavy (non-hydrogen) atoms. The molecule has 2 fully saturated rings. The van der Waals surface area contributed by atoms with Crippen molar-refractivity contribution in [3.63, 3.8) is 0 Å². The summed E-state index contributed by atoms with van der Waals surface area (Å²) in [5.41, 5.74) is 0. The highest BCUT2D eigenvalue weighted by Crippen LogP contribution is 2.39. The monoisotopic (exact) mass is 183 g/mol. The summed E-state index contributed by atoms with van der Waals surface area (Å²) >= 11 is 0. The average Bonchev–Trinajstić information content (AvgIpc) is 2.68. The van der Waals surface area contributed by atoms with Gasteiger partial charge in [-0.2, -0.15) is 0 Å². The maximum absolute atomic E-state index is 11.3. The van der Waals surface area contributed by atoms with E-state index in [9.17, 15) is 9.59 Å². The summed E-state index contributed by atoms with van der Waals surface area (Å²) in [5.74, 6) is 0.140. The molecule has 0 aromatic carbocycles. The predicted octanol–water partition coefficient (Wildman–Crippen LogP) is 0.0741. The molecule has 0 radical (unpaired) electrons. The molecule has 4 heteroatoms. The Labute approximate surface area is 76.6 Å². The molecule has 72 valence electrons. The van der Waals surface area contributed by atoms with Gasteiger partial charge in [0, 0.05) is 13.0 Å². The normalized spacial score (nSPS) is 37.0. The smallest absolute Gasteiger partial charge is 0.310 e. The fraction of sp³-hybridized carbons (Fsp3) is 0.778. The Morgan fingerprint density at radius 1 is 1.62 bits per heavy atom. The summed E-state index contributed by atoms with van der Waals surface area (Å²) in [6.45, 7) is 2.64. The minimum atomic E-state index is -0.528. The van der Waals surface area contributed by atoms with Gasteiger partial charge in [-0.1, -0.05) is 6.92 Å². The fourth-order valence-electron chi connectivity index (χ4n) is 1.56. The summed E-state index contributed by atoms with van der Waals surface area (Å²) < 4.78 is 5.07. The van der Waals surface area contributed by atoms with Crippen LogP contribution in [0.2, 0.25) is 0 Å². The number of carbonyl (C=O) groups is 2. The molecule has 0 unspecified atom stereocenters. The van der Waals surface area contributed by atoms with Crippen LogP contribution in [-0.2, 0) is 14.3 Å². The number of nitrogens with one attached hydrogen (secondary N) is 1. The van der Waals surface area contributed by atoms with E-state index in [1.807, 2.05) is 6.92 Å². The van der Waals surface area contributed by atoms with Gasteiger partial charge in [0.1, 0.15) is 0 Å². The second-order valence-electron chi connectivity index (χ2n) is 3.82. The van der Waals surface area contributed by atoms with Gasteiger partial charge in [0.05, 0.1) is 5.92 Å². The standard InChI is InChI=1S/C9H13NO3/c1-5-4-6(5)9(12)13-7-2-3-10-8(7)11/h5-7H,2-4H2,1H3,(H,10,11)/t5-,6-,7-/m0/s1. The van der Waals surface area contributed by atoms with Crippen LogP contribution in [0.15, 0.2) is 0 Å². The minimum absolute atomic E-state index is 0.0494. The number of rotatable bonds is 2. The highest BCUT2D eigenvalue weighted by atomic mass is 16.5. The van der Waals surface area contributed by atoms with Crippen LogP contribution in [-0.4, -0.2) is 24.5 Å². The van der Waals surface area contributed by atoms with Gasteiger partial charge in [-0.25, -0.2) is 0 Å². The molecular weight excluding hydrogens is 170 g/mol. The van der Waals surface area contributed by atoms with Crippen molar-refractivity contribution in [2.45, 2.75) is 25.9 Å². The van der Waals surface area contributed by atoms with Gasteiger partial charge in [0.15, 0.2) is 6.10 Å². The number of ether oxygens (including phenoxy) is 1. The average molecular weight is 183 g/mol. The van der Waals surface area contributed by atoms with Crippen molar-refractivity contribution < 1.29 is 14.3 Å². The van der Waals surface area contributed by atoms with Crippen molar-refractivity contribution in [2.24, 2.45) is 11.8 Å². The molecule has 0 aromatic rings. The lowest BCUT2D eigenvalue weighted by Gasteiger charge is -2.08. The first kappa shape index (κ1) is 8.53. The topological polar surface area (TPSA) is 55.4 Å². The number of hydrogen-bond donors (Lipinski definition) is 1. The van der Waals surface area contributed by atoms with E-state index in [2.05, 4.69) is 5.32 Å². The largest absolute Gasteiger partial charge is 0.452 e. The van der Waals surface area contributed by atoms with Crippen LogP contribution >= 0.6 is 0 Å². The van der Waals surface area contributed by atoms with E-state index in [4.69, 9.17) is 4.74 Å². The third-order valence-corrected chi connectivity index (χ3v) is 2.67. The fourth-order valence-corrected chi connectivity index (χ4v) is 1.56. The van der Waals surface area contributed by atoms with Crippen molar-refractivity contribution in [3.8, 4) is 0 Å². The molecule has 0 aromatic heterocycles. The summed E-state index contributed by atoms with van der Waals surface area (Å²) in [4.78, 5) is 22.4. The molecule has 3 atom stereocenters. The molecule has 1 amide bonds. The number of amides is 1. The number of hydrogen-bond acceptors (Lipinski definition) is 3. The van der Waals surface area contributed by atoms with Crippen molar-refractivity contribution in [3.05, 3.63) is 0 Å². The van der Waals surface area contributed by atoms with Crippen LogP contribution in [0.3, 0.4) is 0 Å². The van der Waals surface area contributed by atoms with Crippen molar-refractivity contribution in [1.82, 2.24) is 5.32 Å². The van der Waals surface area contributed by atoms with Gasteiger partial charge in [0.2, 0.25) is 0 Å². The third kappa shape index (κ3) is 1.66. The Bertz CT molecular complexity index is 251. The molecule has 1 saturated carbocycles. The lowest BCUT2D eigenvalue weighted by atomic mass is 10.3. The Morgan fingerprint density at radius 3 is 2.77 bits per heavy atom. The van der Waals surface area contributed by atoms with Gasteiger partial charge >= 0.3 is 5.97 Å². The molecule has 1 aliphatic carbocycles. The Morgan fingerprint density at radius 2 is 2.31 bits per heavy atom. The maximum Gasteiger partial charge on any atom is 0.310 e. The highest BCUT2D eigenvalue weighted by molar-refractivity contribution is 5.86.